The lowest BCUT2D eigenvalue weighted by Gasteiger charge is -2.24. The molecular weight excluding hydrogens is 424 g/mol. The Balaban J connectivity index is 1.47. The molecule has 168 valence electrons. The van der Waals surface area contributed by atoms with Crippen LogP contribution < -0.4 is 0 Å². The fraction of sp³-hybridized carbons (Fsp3) is 0.240. The third-order valence-corrected chi connectivity index (χ3v) is 6.17. The minimum Gasteiger partial charge on any atom is -0.353 e. The second-order valence-corrected chi connectivity index (χ2v) is 8.55. The third kappa shape index (κ3) is 4.21. The quantitative estimate of drug-likeness (QED) is 0.505. The van der Waals surface area contributed by atoms with Crippen molar-refractivity contribution in [2.45, 2.75) is 12.5 Å². The maximum Gasteiger partial charge on any atom is 0.254 e. The highest BCUT2D eigenvalue weighted by molar-refractivity contribution is 5.95. The molecule has 0 radical (unpaired) electrons. The van der Waals surface area contributed by atoms with E-state index in [4.69, 9.17) is 0 Å². The van der Waals surface area contributed by atoms with Crippen molar-refractivity contribution in [3.63, 3.8) is 0 Å². The highest BCUT2D eigenvalue weighted by atomic mass is 19.1. The van der Waals surface area contributed by atoms with Gasteiger partial charge in [0.2, 0.25) is 0 Å². The number of rotatable bonds is 4. The van der Waals surface area contributed by atoms with E-state index in [0.29, 0.717) is 28.2 Å². The van der Waals surface area contributed by atoms with Crippen molar-refractivity contribution in [1.82, 2.24) is 24.8 Å². The summed E-state index contributed by atoms with van der Waals surface area (Å²) in [7, 11) is 3.78. The van der Waals surface area contributed by atoms with Gasteiger partial charge in [-0.3, -0.25) is 9.78 Å². The molecule has 1 aliphatic heterocycles. The number of hydrogen-bond acceptors (Lipinski definition) is 4. The molecule has 2 aromatic carbocycles. The van der Waals surface area contributed by atoms with Crippen LogP contribution in [0, 0.1) is 11.6 Å². The minimum absolute atomic E-state index is 0.101. The molecule has 0 aliphatic carbocycles. The lowest BCUT2D eigenvalue weighted by molar-refractivity contribution is 0.0737. The number of hydrogen-bond donors (Lipinski definition) is 1. The molecule has 1 saturated heterocycles. The van der Waals surface area contributed by atoms with Crippen LogP contribution in [0.15, 0.2) is 54.9 Å². The number of likely N-dealkylation sites (N-methyl/N-ethyl adjacent to an activating group) is 2. The summed E-state index contributed by atoms with van der Waals surface area (Å²) in [4.78, 5) is 28.9. The Morgan fingerprint density at radius 2 is 1.91 bits per heavy atom. The molecular formula is C25H23F2N5O. The van der Waals surface area contributed by atoms with Crippen molar-refractivity contribution < 1.29 is 13.6 Å². The van der Waals surface area contributed by atoms with E-state index < -0.39 is 5.82 Å². The maximum absolute atomic E-state index is 14.5. The predicted molar refractivity (Wildman–Crippen MR) is 123 cm³/mol. The zero-order valence-electron chi connectivity index (χ0n) is 18.3. The van der Waals surface area contributed by atoms with Crippen LogP contribution in [0.1, 0.15) is 16.8 Å². The lowest BCUT2D eigenvalue weighted by atomic mass is 10.1. The molecule has 1 unspecified atom stereocenters. The van der Waals surface area contributed by atoms with Crippen molar-refractivity contribution in [3.05, 3.63) is 72.1 Å². The topological polar surface area (TPSA) is 65.1 Å². The number of carbonyl (C=O) groups excluding carboxylic acids is 1. The first-order chi connectivity index (χ1) is 15.9. The van der Waals surface area contributed by atoms with Gasteiger partial charge in [0.25, 0.3) is 5.91 Å². The highest BCUT2D eigenvalue weighted by Gasteiger charge is 2.27. The number of fused-ring (bicyclic) bond motifs is 1. The van der Waals surface area contributed by atoms with Crippen molar-refractivity contribution in [2.24, 2.45) is 0 Å². The van der Waals surface area contributed by atoms with Gasteiger partial charge in [0.15, 0.2) is 0 Å². The van der Waals surface area contributed by atoms with Crippen LogP contribution in [0.3, 0.4) is 0 Å². The Hall–Kier alpha value is -3.65. The van der Waals surface area contributed by atoms with E-state index in [1.54, 1.807) is 30.3 Å². The molecule has 1 atom stereocenters. The van der Waals surface area contributed by atoms with E-state index in [9.17, 15) is 13.6 Å². The minimum atomic E-state index is -0.513. The number of aromatic nitrogens is 3. The van der Waals surface area contributed by atoms with Gasteiger partial charge in [-0.25, -0.2) is 13.8 Å². The average molecular weight is 447 g/mol. The second kappa shape index (κ2) is 8.37. The van der Waals surface area contributed by atoms with Gasteiger partial charge in [0.05, 0.1) is 23.8 Å². The average Bonchev–Trinajstić information content (AvgIpc) is 3.43. The summed E-state index contributed by atoms with van der Waals surface area (Å²) in [5, 5.41) is 0.845. The summed E-state index contributed by atoms with van der Waals surface area (Å²) < 4.78 is 28.0. The van der Waals surface area contributed by atoms with Gasteiger partial charge < -0.3 is 14.8 Å². The molecule has 33 heavy (non-hydrogen) atoms. The van der Waals surface area contributed by atoms with Crippen molar-refractivity contribution in [1.29, 1.82) is 0 Å². The van der Waals surface area contributed by atoms with Crippen LogP contribution in [-0.4, -0.2) is 63.9 Å². The number of likely N-dealkylation sites (tertiary alicyclic amines) is 1. The van der Waals surface area contributed by atoms with Crippen LogP contribution >= 0.6 is 0 Å². The Labute approximate surface area is 189 Å². The van der Waals surface area contributed by atoms with Gasteiger partial charge >= 0.3 is 0 Å². The van der Waals surface area contributed by atoms with Crippen LogP contribution in [0.2, 0.25) is 0 Å². The molecule has 1 fully saturated rings. The van der Waals surface area contributed by atoms with Gasteiger partial charge in [-0.2, -0.15) is 0 Å². The highest BCUT2D eigenvalue weighted by Crippen LogP contribution is 2.27. The molecule has 1 aliphatic rings. The van der Waals surface area contributed by atoms with Gasteiger partial charge in [-0.05, 0) is 62.5 Å². The molecule has 0 spiro atoms. The van der Waals surface area contributed by atoms with Crippen molar-refractivity contribution >= 4 is 16.8 Å². The Kier molecular flexibility index (Phi) is 5.38. The first-order valence-corrected chi connectivity index (χ1v) is 10.7. The van der Waals surface area contributed by atoms with Gasteiger partial charge in [0, 0.05) is 41.7 Å². The molecule has 1 N–H and O–H groups in total. The van der Waals surface area contributed by atoms with Gasteiger partial charge in [0.1, 0.15) is 17.3 Å². The molecule has 0 saturated carbocycles. The zero-order chi connectivity index (χ0) is 23.1. The number of halogens is 2. The van der Waals surface area contributed by atoms with Crippen LogP contribution in [0.4, 0.5) is 8.78 Å². The van der Waals surface area contributed by atoms with Crippen LogP contribution in [0.25, 0.3) is 33.5 Å². The summed E-state index contributed by atoms with van der Waals surface area (Å²) in [6.07, 6.45) is 4.01. The Morgan fingerprint density at radius 3 is 2.70 bits per heavy atom. The molecule has 1 amide bonds. The van der Waals surface area contributed by atoms with E-state index in [-0.39, 0.29) is 23.3 Å². The summed E-state index contributed by atoms with van der Waals surface area (Å²) in [5.41, 5.74) is 3.03. The van der Waals surface area contributed by atoms with E-state index in [1.165, 1.54) is 30.5 Å². The fourth-order valence-corrected chi connectivity index (χ4v) is 4.33. The summed E-state index contributed by atoms with van der Waals surface area (Å²) in [6, 6.07) is 10.7. The largest absolute Gasteiger partial charge is 0.353 e. The Bertz CT molecular complexity index is 1350. The normalized spacial score (nSPS) is 16.4. The number of nitrogens with one attached hydrogen (secondary N) is 1. The number of amides is 1. The molecule has 6 nitrogen and oxygen atoms in total. The first-order valence-electron chi connectivity index (χ1n) is 10.7. The van der Waals surface area contributed by atoms with E-state index in [0.717, 1.165) is 24.9 Å². The van der Waals surface area contributed by atoms with Gasteiger partial charge in [-0.1, -0.05) is 0 Å². The summed E-state index contributed by atoms with van der Waals surface area (Å²) in [5.74, 6) is -1.07. The molecule has 0 bridgehead atoms. The number of benzene rings is 2. The monoisotopic (exact) mass is 447 g/mol. The smallest absolute Gasteiger partial charge is 0.254 e. The second-order valence-electron chi connectivity index (χ2n) is 8.55. The lowest BCUT2D eigenvalue weighted by Crippen LogP contribution is -2.38. The standard InChI is InChI=1S/C25H23F2N5O/c1-31-6-5-20(14-31)32(2)25(33)17-7-16(8-19(27)9-17)23-12-28-13-24(30-23)22-10-15-3-4-18(26)11-21(15)29-22/h3-4,7-13,20,29H,5-6,14H2,1-2H3. The van der Waals surface area contributed by atoms with E-state index in [1.807, 2.05) is 13.1 Å². The summed E-state index contributed by atoms with van der Waals surface area (Å²) >= 11 is 0. The first kappa shape index (κ1) is 21.2. The van der Waals surface area contributed by atoms with Crippen molar-refractivity contribution in [3.8, 4) is 22.6 Å². The van der Waals surface area contributed by atoms with Crippen LogP contribution in [0.5, 0.6) is 0 Å². The van der Waals surface area contributed by atoms with Crippen LogP contribution in [-0.2, 0) is 0 Å². The Morgan fingerprint density at radius 1 is 1.09 bits per heavy atom. The molecule has 4 aromatic rings. The SMILES string of the molecule is CN1CCC(N(C)C(=O)c2cc(F)cc(-c3cncc(-c4cc5ccc(F)cc5[nH]4)n3)c2)C1. The number of aromatic amines is 1. The zero-order valence-corrected chi connectivity index (χ0v) is 18.3. The third-order valence-electron chi connectivity index (χ3n) is 6.17. The number of carbonyl (C=O) groups is 1. The predicted octanol–water partition coefficient (Wildman–Crippen LogP) is 4.35. The number of H-pyrrole nitrogens is 1. The van der Waals surface area contributed by atoms with Crippen molar-refractivity contribution in [2.75, 3.05) is 27.2 Å². The maximum atomic E-state index is 14.5. The fourth-order valence-electron chi connectivity index (χ4n) is 4.33. The number of nitrogens with zero attached hydrogens (tertiary/aromatic N) is 4. The molecule has 3 heterocycles. The van der Waals surface area contributed by atoms with E-state index >= 15 is 0 Å². The van der Waals surface area contributed by atoms with E-state index in [2.05, 4.69) is 19.9 Å². The van der Waals surface area contributed by atoms with Gasteiger partial charge in [-0.15, -0.1) is 0 Å². The molecule has 2 aromatic heterocycles. The molecule has 5 rings (SSSR count). The summed E-state index contributed by atoms with van der Waals surface area (Å²) in [6.45, 7) is 1.73. The molecule has 8 heteroatoms.